The number of fused-ring (bicyclic) bond motifs is 1. The molecule has 26 heavy (non-hydrogen) atoms. The van der Waals surface area contributed by atoms with Crippen molar-refractivity contribution in [3.63, 3.8) is 0 Å². The van der Waals surface area contributed by atoms with Crippen molar-refractivity contribution in [2.24, 2.45) is 11.8 Å². The minimum Gasteiger partial charge on any atom is -0.341 e. The first-order chi connectivity index (χ1) is 11.8. The fourth-order valence-electron chi connectivity index (χ4n) is 4.30. The lowest BCUT2D eigenvalue weighted by Gasteiger charge is -2.35. The molecule has 1 amide bonds. The van der Waals surface area contributed by atoms with E-state index in [1.165, 1.54) is 5.56 Å². The smallest absolute Gasteiger partial charge is 0.236 e. The highest BCUT2D eigenvalue weighted by Gasteiger charge is 2.38. The van der Waals surface area contributed by atoms with Gasteiger partial charge >= 0.3 is 0 Å². The summed E-state index contributed by atoms with van der Waals surface area (Å²) in [5.74, 6) is 1.72. The zero-order valence-electron chi connectivity index (χ0n) is 15.2. The number of carbonyl (C=O) groups is 1. The van der Waals surface area contributed by atoms with Gasteiger partial charge < -0.3 is 10.2 Å². The molecule has 146 valence electrons. The van der Waals surface area contributed by atoms with Crippen molar-refractivity contribution in [3.8, 4) is 0 Å². The second-order valence-corrected chi connectivity index (χ2v) is 7.52. The quantitative estimate of drug-likeness (QED) is 0.827. The molecule has 0 unspecified atom stereocenters. The Morgan fingerprint density at radius 3 is 2.12 bits per heavy atom. The minimum atomic E-state index is 0. The van der Waals surface area contributed by atoms with Crippen LogP contribution in [0.4, 0.5) is 0 Å². The molecular weight excluding hydrogens is 371 g/mol. The molecule has 2 atom stereocenters. The fraction of sp³-hybridized carbons (Fsp3) is 0.632. The number of amides is 1. The van der Waals surface area contributed by atoms with Gasteiger partial charge in [0.15, 0.2) is 0 Å². The molecule has 0 aromatic heterocycles. The summed E-state index contributed by atoms with van der Waals surface area (Å²) in [4.78, 5) is 19.5. The van der Waals surface area contributed by atoms with Crippen molar-refractivity contribution in [2.75, 3.05) is 58.9 Å². The van der Waals surface area contributed by atoms with Crippen molar-refractivity contribution < 1.29 is 4.79 Å². The van der Waals surface area contributed by atoms with Crippen molar-refractivity contribution in [3.05, 3.63) is 35.9 Å². The fourth-order valence-corrected chi connectivity index (χ4v) is 4.30. The molecule has 3 heterocycles. The molecule has 0 radical (unpaired) electrons. The summed E-state index contributed by atoms with van der Waals surface area (Å²) in [5, 5.41) is 3.44. The predicted molar refractivity (Wildman–Crippen MR) is 109 cm³/mol. The third-order valence-electron chi connectivity index (χ3n) is 5.81. The maximum atomic E-state index is 12.6. The molecule has 3 fully saturated rings. The Balaban J connectivity index is 0.00000121. The molecule has 1 N–H and O–H groups in total. The second-order valence-electron chi connectivity index (χ2n) is 7.52. The van der Waals surface area contributed by atoms with E-state index in [-0.39, 0.29) is 24.8 Å². The Bertz CT molecular complexity index is 554. The number of halogens is 2. The lowest BCUT2D eigenvalue weighted by molar-refractivity contribution is -0.132. The summed E-state index contributed by atoms with van der Waals surface area (Å²) in [6, 6.07) is 10.6. The highest BCUT2D eigenvalue weighted by Crippen LogP contribution is 2.26. The first-order valence-corrected chi connectivity index (χ1v) is 9.25. The Morgan fingerprint density at radius 1 is 0.923 bits per heavy atom. The number of rotatable bonds is 4. The van der Waals surface area contributed by atoms with E-state index < -0.39 is 0 Å². The van der Waals surface area contributed by atoms with E-state index >= 15 is 0 Å². The number of nitrogens with zero attached hydrogens (tertiary/aromatic N) is 3. The average molecular weight is 401 g/mol. The molecular formula is C19H30Cl2N4O. The van der Waals surface area contributed by atoms with Crippen LogP contribution in [0.25, 0.3) is 0 Å². The standard InChI is InChI=1S/C19H28N4O.2ClH/c24-19(23-13-17-10-20-11-18(17)14-23)15-22-8-6-21(7-9-22)12-16-4-2-1-3-5-16;;/h1-5,17-18,20H,6-15H2;2*1H/t17-,18+;;. The molecule has 5 nitrogen and oxygen atoms in total. The van der Waals surface area contributed by atoms with Gasteiger partial charge in [-0.05, 0) is 17.4 Å². The van der Waals surface area contributed by atoms with E-state index in [0.29, 0.717) is 24.3 Å². The van der Waals surface area contributed by atoms with Crippen LogP contribution in [0.5, 0.6) is 0 Å². The van der Waals surface area contributed by atoms with E-state index in [9.17, 15) is 4.79 Å². The molecule has 0 spiro atoms. The van der Waals surface area contributed by atoms with Crippen LogP contribution in [0.1, 0.15) is 5.56 Å². The molecule has 3 aliphatic rings. The molecule has 3 saturated heterocycles. The van der Waals surface area contributed by atoms with Crippen LogP contribution in [-0.2, 0) is 11.3 Å². The predicted octanol–water partition coefficient (Wildman–Crippen LogP) is 1.33. The summed E-state index contributed by atoms with van der Waals surface area (Å²) in [6.45, 7) is 9.83. The summed E-state index contributed by atoms with van der Waals surface area (Å²) >= 11 is 0. The van der Waals surface area contributed by atoms with Gasteiger partial charge in [0.25, 0.3) is 0 Å². The maximum absolute atomic E-state index is 12.6. The molecule has 4 rings (SSSR count). The second kappa shape index (κ2) is 9.90. The van der Waals surface area contributed by atoms with Gasteiger partial charge in [-0.3, -0.25) is 14.6 Å². The first-order valence-electron chi connectivity index (χ1n) is 9.25. The van der Waals surface area contributed by atoms with E-state index in [2.05, 4.69) is 50.3 Å². The Hall–Kier alpha value is -0.850. The Morgan fingerprint density at radius 2 is 1.50 bits per heavy atom. The highest BCUT2D eigenvalue weighted by atomic mass is 35.5. The maximum Gasteiger partial charge on any atom is 0.236 e. The molecule has 0 saturated carbocycles. The van der Waals surface area contributed by atoms with Crippen LogP contribution in [-0.4, -0.2) is 79.5 Å². The van der Waals surface area contributed by atoms with Crippen molar-refractivity contribution >= 4 is 30.7 Å². The number of nitrogens with one attached hydrogen (secondary N) is 1. The Kier molecular flexibility index (Phi) is 8.17. The number of carbonyl (C=O) groups excluding carboxylic acids is 1. The SMILES string of the molecule is Cl.Cl.O=C(CN1CCN(Cc2ccccc2)CC1)N1C[C@H]2CNC[C@H]2C1. The third kappa shape index (κ3) is 5.11. The lowest BCUT2D eigenvalue weighted by atomic mass is 10.0. The number of benzene rings is 1. The summed E-state index contributed by atoms with van der Waals surface area (Å²) in [7, 11) is 0. The van der Waals surface area contributed by atoms with E-state index in [0.717, 1.165) is 58.9 Å². The number of hydrogen-bond donors (Lipinski definition) is 1. The largest absolute Gasteiger partial charge is 0.341 e. The average Bonchev–Trinajstić information content (AvgIpc) is 3.19. The van der Waals surface area contributed by atoms with Gasteiger partial charge in [-0.15, -0.1) is 24.8 Å². The molecule has 7 heteroatoms. The van der Waals surface area contributed by atoms with Crippen molar-refractivity contribution in [1.82, 2.24) is 20.0 Å². The van der Waals surface area contributed by atoms with Gasteiger partial charge in [-0.2, -0.15) is 0 Å². The molecule has 3 aliphatic heterocycles. The van der Waals surface area contributed by atoms with Crippen molar-refractivity contribution in [2.45, 2.75) is 6.54 Å². The van der Waals surface area contributed by atoms with Crippen molar-refractivity contribution in [1.29, 1.82) is 0 Å². The summed E-state index contributed by atoms with van der Waals surface area (Å²) < 4.78 is 0. The van der Waals surface area contributed by atoms with Crippen LogP contribution in [0.3, 0.4) is 0 Å². The van der Waals surface area contributed by atoms with E-state index in [4.69, 9.17) is 0 Å². The number of likely N-dealkylation sites (tertiary alicyclic amines) is 1. The zero-order valence-corrected chi connectivity index (χ0v) is 16.8. The highest BCUT2D eigenvalue weighted by molar-refractivity contribution is 5.85. The number of hydrogen-bond acceptors (Lipinski definition) is 4. The lowest BCUT2D eigenvalue weighted by Crippen LogP contribution is -2.49. The Labute approximate surface area is 168 Å². The van der Waals surface area contributed by atoms with Crippen LogP contribution >= 0.6 is 24.8 Å². The molecule has 0 aliphatic carbocycles. The van der Waals surface area contributed by atoms with Crippen LogP contribution in [0.2, 0.25) is 0 Å². The molecule has 0 bridgehead atoms. The van der Waals surface area contributed by atoms with Gasteiger partial charge in [0.1, 0.15) is 0 Å². The van der Waals surface area contributed by atoms with Gasteiger partial charge in [0, 0.05) is 58.9 Å². The third-order valence-corrected chi connectivity index (χ3v) is 5.81. The van der Waals surface area contributed by atoms with Gasteiger partial charge in [-0.25, -0.2) is 0 Å². The van der Waals surface area contributed by atoms with E-state index in [1.54, 1.807) is 0 Å². The first kappa shape index (κ1) is 21.5. The topological polar surface area (TPSA) is 38.8 Å². The zero-order chi connectivity index (χ0) is 16.4. The summed E-state index contributed by atoms with van der Waals surface area (Å²) in [5.41, 5.74) is 1.37. The number of piperazine rings is 1. The van der Waals surface area contributed by atoms with Crippen LogP contribution < -0.4 is 5.32 Å². The van der Waals surface area contributed by atoms with Gasteiger partial charge in [0.05, 0.1) is 6.54 Å². The minimum absolute atomic E-state index is 0. The molecule has 1 aromatic carbocycles. The van der Waals surface area contributed by atoms with Crippen LogP contribution in [0.15, 0.2) is 30.3 Å². The van der Waals surface area contributed by atoms with Gasteiger partial charge in [-0.1, -0.05) is 30.3 Å². The normalized spacial score (nSPS) is 26.1. The van der Waals surface area contributed by atoms with E-state index in [1.807, 2.05) is 0 Å². The van der Waals surface area contributed by atoms with Crippen LogP contribution in [0, 0.1) is 11.8 Å². The summed E-state index contributed by atoms with van der Waals surface area (Å²) in [6.07, 6.45) is 0. The van der Waals surface area contributed by atoms with Gasteiger partial charge in [0.2, 0.25) is 5.91 Å². The molecule has 1 aromatic rings. The monoisotopic (exact) mass is 400 g/mol.